The molecule has 0 aliphatic carbocycles. The van der Waals surface area contributed by atoms with Crippen molar-refractivity contribution in [3.63, 3.8) is 0 Å². The Morgan fingerprint density at radius 3 is 2.44 bits per heavy atom. The Bertz CT molecular complexity index is 340. The van der Waals surface area contributed by atoms with Crippen molar-refractivity contribution in [3.8, 4) is 0 Å². The van der Waals surface area contributed by atoms with E-state index in [1.54, 1.807) is 27.8 Å². The van der Waals surface area contributed by atoms with Crippen molar-refractivity contribution in [3.05, 3.63) is 0 Å². The number of aliphatic imine (C=N–C) groups is 1. The molecular formula is C11H20BN2O3S. The Kier molecular flexibility index (Phi) is 7.24. The normalized spacial score (nSPS) is 13.9. The first-order valence-corrected chi connectivity index (χ1v) is 5.99. The van der Waals surface area contributed by atoms with E-state index >= 15 is 0 Å². The zero-order valence-corrected chi connectivity index (χ0v) is 12.4. The third-order valence-corrected chi connectivity index (χ3v) is 2.38. The molecule has 5 nitrogen and oxygen atoms in total. The second kappa shape index (κ2) is 7.58. The van der Waals surface area contributed by atoms with E-state index in [-0.39, 0.29) is 6.54 Å². The predicted molar refractivity (Wildman–Crippen MR) is 78.1 cm³/mol. The summed E-state index contributed by atoms with van der Waals surface area (Å²) in [5, 5.41) is 2.57. The van der Waals surface area contributed by atoms with Gasteiger partial charge in [0.25, 0.3) is 0 Å². The number of alkyl carbamates (subject to hydrolysis) is 1. The summed E-state index contributed by atoms with van der Waals surface area (Å²) in [6.07, 6.45) is -0.524. The number of carbonyl (C=O) groups excluding carboxylic acids is 1. The molecule has 18 heavy (non-hydrogen) atoms. The van der Waals surface area contributed by atoms with Crippen molar-refractivity contribution in [2.24, 2.45) is 4.99 Å². The van der Waals surface area contributed by atoms with Crippen LogP contribution in [0.4, 0.5) is 4.79 Å². The standard InChI is InChI=1S/C11H20BN2O3S/c1-11(2,3)17-10(15)14-6-7(13-4)8(12)9(18)16-5/h9,18H,6H2,1-5H3,(H,14,15). The Morgan fingerprint density at radius 1 is 1.50 bits per heavy atom. The summed E-state index contributed by atoms with van der Waals surface area (Å²) in [7, 11) is 8.85. The van der Waals surface area contributed by atoms with Crippen molar-refractivity contribution < 1.29 is 14.3 Å². The summed E-state index contributed by atoms with van der Waals surface area (Å²) in [5.74, 6) is 0. The van der Waals surface area contributed by atoms with E-state index in [4.69, 9.17) is 17.0 Å². The Morgan fingerprint density at radius 2 is 2.06 bits per heavy atom. The van der Waals surface area contributed by atoms with Gasteiger partial charge in [0, 0.05) is 0 Å². The summed E-state index contributed by atoms with van der Waals surface area (Å²) in [6, 6.07) is 0. The maximum absolute atomic E-state index is 11.5. The number of nitrogens with zero attached hydrogens (tertiary/aromatic N) is 1. The van der Waals surface area contributed by atoms with Crippen LogP contribution in [-0.4, -0.2) is 56.5 Å². The minimum atomic E-state index is -0.552. The molecule has 1 unspecified atom stereocenters. The number of hydrogen-bond acceptors (Lipinski definition) is 5. The first kappa shape index (κ1) is 17.2. The molecule has 0 saturated carbocycles. The van der Waals surface area contributed by atoms with Gasteiger partial charge >= 0.3 is 114 Å². The predicted octanol–water partition coefficient (Wildman–Crippen LogP) is 0.825. The quantitative estimate of drug-likeness (QED) is 0.337. The van der Waals surface area contributed by atoms with Crippen LogP contribution in [0.2, 0.25) is 0 Å². The third kappa shape index (κ3) is 6.81. The molecule has 0 aliphatic rings. The van der Waals surface area contributed by atoms with Crippen LogP contribution in [0.15, 0.2) is 4.99 Å². The maximum atomic E-state index is 11.5. The van der Waals surface area contributed by atoms with E-state index in [0.29, 0.717) is 11.2 Å². The number of methoxy groups -OCH3 is 1. The molecule has 0 heterocycles. The van der Waals surface area contributed by atoms with Crippen LogP contribution in [0.25, 0.3) is 0 Å². The molecule has 0 fully saturated rings. The molecule has 0 aromatic rings. The molecule has 0 aliphatic heterocycles. The summed E-state index contributed by atoms with van der Waals surface area (Å²) in [4.78, 5) is 15.4. The number of rotatable bonds is 5. The summed E-state index contributed by atoms with van der Waals surface area (Å²) in [5.41, 5.74) is -0.229. The van der Waals surface area contributed by atoms with Crippen LogP contribution < -0.4 is 5.32 Å². The molecule has 0 rings (SSSR count). The van der Waals surface area contributed by atoms with Gasteiger partial charge < -0.3 is 0 Å². The first-order valence-electron chi connectivity index (χ1n) is 5.47. The van der Waals surface area contributed by atoms with Gasteiger partial charge in [-0.1, -0.05) is 0 Å². The monoisotopic (exact) mass is 271 g/mol. The second-order valence-corrected chi connectivity index (χ2v) is 5.04. The fourth-order valence-corrected chi connectivity index (χ4v) is 1.20. The molecule has 7 heteroatoms. The van der Waals surface area contributed by atoms with Crippen LogP contribution in [0.1, 0.15) is 20.8 Å². The molecule has 0 spiro atoms. The topological polar surface area (TPSA) is 59.9 Å². The number of nitrogens with one attached hydrogen (secondary N) is 1. The first-order chi connectivity index (χ1) is 8.21. The number of carbonyl (C=O) groups is 1. The number of amides is 1. The van der Waals surface area contributed by atoms with E-state index in [1.807, 2.05) is 0 Å². The molecule has 0 saturated heterocycles. The summed E-state index contributed by atoms with van der Waals surface area (Å²) < 4.78 is 10.1. The van der Waals surface area contributed by atoms with E-state index in [2.05, 4.69) is 22.9 Å². The second-order valence-electron chi connectivity index (χ2n) is 4.57. The molecule has 101 valence electrons. The fraction of sp³-hybridized carbons (Fsp3) is 0.727. The van der Waals surface area contributed by atoms with Crippen molar-refractivity contribution in [1.29, 1.82) is 0 Å². The van der Waals surface area contributed by atoms with E-state index in [9.17, 15) is 4.79 Å². The van der Waals surface area contributed by atoms with Gasteiger partial charge in [-0.15, -0.1) is 0 Å². The molecular weight excluding hydrogens is 251 g/mol. The van der Waals surface area contributed by atoms with Crippen LogP contribution >= 0.6 is 12.6 Å². The van der Waals surface area contributed by atoms with E-state index in [1.165, 1.54) is 7.11 Å². The zero-order chi connectivity index (χ0) is 14.3. The summed E-state index contributed by atoms with van der Waals surface area (Å²) >= 11 is 4.12. The average Bonchev–Trinajstić information content (AvgIpc) is 2.26. The van der Waals surface area contributed by atoms with Gasteiger partial charge in [0.2, 0.25) is 0 Å². The van der Waals surface area contributed by atoms with Crippen molar-refractivity contribution >= 4 is 37.4 Å². The number of ether oxygens (including phenoxy) is 2. The molecule has 1 radical (unpaired) electrons. The van der Waals surface area contributed by atoms with Crippen LogP contribution in [0.3, 0.4) is 0 Å². The third-order valence-electron chi connectivity index (χ3n) is 1.89. The number of thiol groups is 1. The van der Waals surface area contributed by atoms with Crippen molar-refractivity contribution in [1.82, 2.24) is 5.32 Å². The van der Waals surface area contributed by atoms with Crippen molar-refractivity contribution in [2.45, 2.75) is 31.8 Å². The van der Waals surface area contributed by atoms with E-state index in [0.717, 1.165) is 0 Å². The van der Waals surface area contributed by atoms with Gasteiger partial charge in [-0.25, -0.2) is 0 Å². The Hall–Kier alpha value is -0.815. The molecule has 1 N–H and O–H groups in total. The van der Waals surface area contributed by atoms with Crippen molar-refractivity contribution in [2.75, 3.05) is 20.7 Å². The van der Waals surface area contributed by atoms with E-state index < -0.39 is 17.1 Å². The molecule has 1 amide bonds. The van der Waals surface area contributed by atoms with Gasteiger partial charge in [0.15, 0.2) is 0 Å². The molecule has 1 atom stereocenters. The minimum absolute atomic E-state index is 0.164. The molecule has 0 bridgehead atoms. The SMILES string of the molecule is [B]=C(C(CNC(=O)OC(C)(C)C)=NC)C(S)OC. The average molecular weight is 271 g/mol. The van der Waals surface area contributed by atoms with Gasteiger partial charge in [-0.2, -0.15) is 0 Å². The molecule has 0 aromatic heterocycles. The van der Waals surface area contributed by atoms with Crippen LogP contribution in [0, 0.1) is 0 Å². The zero-order valence-electron chi connectivity index (χ0n) is 11.5. The van der Waals surface area contributed by atoms with Gasteiger partial charge in [0.05, 0.1) is 0 Å². The van der Waals surface area contributed by atoms with Crippen LogP contribution in [-0.2, 0) is 9.47 Å². The Labute approximate surface area is 115 Å². The van der Waals surface area contributed by atoms with Gasteiger partial charge in [-0.3, -0.25) is 0 Å². The molecule has 0 aromatic carbocycles. The number of hydrogen-bond donors (Lipinski definition) is 2. The van der Waals surface area contributed by atoms with Gasteiger partial charge in [-0.05, 0) is 0 Å². The Balaban J connectivity index is 4.34. The fourth-order valence-electron chi connectivity index (χ4n) is 1.05. The van der Waals surface area contributed by atoms with Crippen LogP contribution in [0.5, 0.6) is 0 Å². The summed E-state index contributed by atoms with van der Waals surface area (Å²) in [6.45, 7) is 5.53. The van der Waals surface area contributed by atoms with Gasteiger partial charge in [0.1, 0.15) is 0 Å².